The van der Waals surface area contributed by atoms with Crippen molar-refractivity contribution in [3.63, 3.8) is 0 Å². The summed E-state index contributed by atoms with van der Waals surface area (Å²) in [6, 6.07) is 22.9. The minimum absolute atomic E-state index is 0.120. The van der Waals surface area contributed by atoms with Crippen LogP contribution in [0.1, 0.15) is 31.9 Å². The van der Waals surface area contributed by atoms with Crippen LogP contribution in [0, 0.1) is 0 Å². The van der Waals surface area contributed by atoms with E-state index in [2.05, 4.69) is 37.2 Å². The highest BCUT2D eigenvalue weighted by molar-refractivity contribution is 9.10. The average molecular weight is 679 g/mol. The van der Waals surface area contributed by atoms with Gasteiger partial charge in [0.05, 0.1) is 11.9 Å². The second kappa shape index (κ2) is 13.1. The summed E-state index contributed by atoms with van der Waals surface area (Å²) in [7, 11) is -3.83. The highest BCUT2D eigenvalue weighted by Gasteiger charge is 2.34. The number of hydrogen-bond donors (Lipinski definition) is 1. The second-order valence-corrected chi connectivity index (χ2v) is 14.0. The number of carbonyl (C=O) groups excluding carboxylic acids is 2. The molecule has 0 saturated carbocycles. The van der Waals surface area contributed by atoms with Gasteiger partial charge in [0.1, 0.15) is 12.6 Å². The van der Waals surface area contributed by atoms with Crippen molar-refractivity contribution in [1.29, 1.82) is 0 Å². The molecular formula is C29H33Br2N3O4S. The van der Waals surface area contributed by atoms with Crippen LogP contribution in [0.3, 0.4) is 0 Å². The molecule has 3 aromatic carbocycles. The number of anilines is 1. The Hall–Kier alpha value is -2.69. The quantitative estimate of drug-likeness (QED) is 0.306. The Balaban J connectivity index is 2.08. The average Bonchev–Trinajstić information content (AvgIpc) is 2.85. The number of para-hydroxylation sites is 1. The van der Waals surface area contributed by atoms with Gasteiger partial charge in [-0.15, -0.1) is 0 Å². The molecule has 1 N–H and O–H groups in total. The van der Waals surface area contributed by atoms with Crippen LogP contribution in [0.15, 0.2) is 87.8 Å². The molecule has 0 aromatic heterocycles. The van der Waals surface area contributed by atoms with E-state index in [9.17, 15) is 18.0 Å². The molecule has 10 heteroatoms. The van der Waals surface area contributed by atoms with Crippen LogP contribution in [0.5, 0.6) is 0 Å². The highest BCUT2D eigenvalue weighted by Crippen LogP contribution is 2.28. The molecule has 0 bridgehead atoms. The SMILES string of the molecule is CC(C)(C)NC(=O)C(Cc1ccccc1)N(Cc1ccc(Br)cc1)C(=O)CN(c1ccccc1Br)S(C)(=O)=O. The Bertz CT molecular complexity index is 1390. The molecule has 3 aromatic rings. The molecule has 208 valence electrons. The monoisotopic (exact) mass is 677 g/mol. The molecule has 1 unspecified atom stereocenters. The van der Waals surface area contributed by atoms with E-state index in [1.165, 1.54) is 4.90 Å². The van der Waals surface area contributed by atoms with E-state index >= 15 is 0 Å². The molecule has 0 spiro atoms. The fraction of sp³-hybridized carbons (Fsp3) is 0.310. The summed E-state index contributed by atoms with van der Waals surface area (Å²) in [5.41, 5.74) is 1.49. The smallest absolute Gasteiger partial charge is 0.244 e. The molecule has 2 amide bonds. The van der Waals surface area contributed by atoms with Gasteiger partial charge in [-0.3, -0.25) is 13.9 Å². The zero-order valence-electron chi connectivity index (χ0n) is 22.4. The van der Waals surface area contributed by atoms with Gasteiger partial charge >= 0.3 is 0 Å². The van der Waals surface area contributed by atoms with Crippen molar-refractivity contribution < 1.29 is 18.0 Å². The molecule has 0 aliphatic rings. The lowest BCUT2D eigenvalue weighted by Crippen LogP contribution is -2.56. The van der Waals surface area contributed by atoms with Crippen LogP contribution in [-0.2, 0) is 32.6 Å². The van der Waals surface area contributed by atoms with Crippen LogP contribution in [0.4, 0.5) is 5.69 Å². The maximum absolute atomic E-state index is 14.1. The zero-order valence-corrected chi connectivity index (χ0v) is 26.4. The van der Waals surface area contributed by atoms with Crippen molar-refractivity contribution in [3.05, 3.63) is 98.9 Å². The molecule has 0 aliphatic carbocycles. The van der Waals surface area contributed by atoms with Crippen molar-refractivity contribution in [2.24, 2.45) is 0 Å². The zero-order chi connectivity index (χ0) is 28.8. The van der Waals surface area contributed by atoms with Gasteiger partial charge in [-0.05, 0) is 72.1 Å². The molecule has 0 fully saturated rings. The lowest BCUT2D eigenvalue weighted by atomic mass is 10.0. The number of amides is 2. The second-order valence-electron chi connectivity index (χ2n) is 10.3. The first kappa shape index (κ1) is 30.8. The normalized spacial score (nSPS) is 12.5. The van der Waals surface area contributed by atoms with E-state index in [0.29, 0.717) is 10.2 Å². The Labute approximate surface area is 247 Å². The van der Waals surface area contributed by atoms with Crippen LogP contribution in [-0.4, -0.2) is 49.5 Å². The summed E-state index contributed by atoms with van der Waals surface area (Å²) in [5, 5.41) is 3.01. The van der Waals surface area contributed by atoms with Crippen LogP contribution >= 0.6 is 31.9 Å². The van der Waals surface area contributed by atoms with Gasteiger partial charge in [0.2, 0.25) is 21.8 Å². The Morgan fingerprint density at radius 3 is 2.03 bits per heavy atom. The molecule has 0 heterocycles. The first-order valence-corrected chi connectivity index (χ1v) is 15.8. The summed E-state index contributed by atoms with van der Waals surface area (Å²) in [4.78, 5) is 29.3. The van der Waals surface area contributed by atoms with Crippen molar-refractivity contribution in [2.75, 3.05) is 17.1 Å². The van der Waals surface area contributed by atoms with Crippen LogP contribution < -0.4 is 9.62 Å². The van der Waals surface area contributed by atoms with Crippen molar-refractivity contribution >= 4 is 59.4 Å². The summed E-state index contributed by atoms with van der Waals surface area (Å²) in [6.45, 7) is 5.29. The predicted octanol–water partition coefficient (Wildman–Crippen LogP) is 5.53. The molecule has 7 nitrogen and oxygen atoms in total. The third kappa shape index (κ3) is 9.19. The minimum atomic E-state index is -3.83. The number of carbonyl (C=O) groups is 2. The molecule has 3 rings (SSSR count). The largest absolute Gasteiger partial charge is 0.350 e. The minimum Gasteiger partial charge on any atom is -0.350 e. The van der Waals surface area contributed by atoms with E-state index in [-0.39, 0.29) is 18.9 Å². The summed E-state index contributed by atoms with van der Waals surface area (Å²) in [6.07, 6.45) is 1.32. The van der Waals surface area contributed by atoms with E-state index in [4.69, 9.17) is 0 Å². The first-order chi connectivity index (χ1) is 18.2. The molecule has 1 atom stereocenters. The fourth-order valence-electron chi connectivity index (χ4n) is 4.04. The Kier molecular flexibility index (Phi) is 10.4. The van der Waals surface area contributed by atoms with E-state index in [0.717, 1.165) is 26.2 Å². The maximum atomic E-state index is 14.1. The number of rotatable bonds is 10. The summed E-state index contributed by atoms with van der Waals surface area (Å²) < 4.78 is 28.2. The van der Waals surface area contributed by atoms with E-state index in [1.54, 1.807) is 24.3 Å². The number of nitrogens with one attached hydrogen (secondary N) is 1. The maximum Gasteiger partial charge on any atom is 0.244 e. The molecular weight excluding hydrogens is 646 g/mol. The topological polar surface area (TPSA) is 86.8 Å². The standard InChI is InChI=1S/C29H33Br2N3O4S/c1-29(2,3)32-28(36)26(18-21-10-6-5-7-11-21)33(19-22-14-16-23(30)17-15-22)27(35)20-34(39(4,37)38)25-13-9-8-12-24(25)31/h5-17,26H,18-20H2,1-4H3,(H,32,36). The van der Waals surface area contributed by atoms with Gasteiger partial charge in [-0.2, -0.15) is 0 Å². The molecule has 0 aliphatic heterocycles. The Morgan fingerprint density at radius 1 is 0.872 bits per heavy atom. The third-order valence-electron chi connectivity index (χ3n) is 5.84. The number of sulfonamides is 1. The van der Waals surface area contributed by atoms with Crippen molar-refractivity contribution in [3.8, 4) is 0 Å². The van der Waals surface area contributed by atoms with E-state index in [1.807, 2.05) is 75.4 Å². The first-order valence-electron chi connectivity index (χ1n) is 12.4. The van der Waals surface area contributed by atoms with E-state index < -0.39 is 34.1 Å². The number of hydrogen-bond acceptors (Lipinski definition) is 4. The lowest BCUT2D eigenvalue weighted by Gasteiger charge is -2.35. The van der Waals surface area contributed by atoms with Gasteiger partial charge in [0.25, 0.3) is 0 Å². The van der Waals surface area contributed by atoms with Crippen LogP contribution in [0.2, 0.25) is 0 Å². The van der Waals surface area contributed by atoms with Gasteiger partial charge < -0.3 is 10.2 Å². The van der Waals surface area contributed by atoms with Gasteiger partial charge in [0.15, 0.2) is 0 Å². The molecule has 39 heavy (non-hydrogen) atoms. The number of benzene rings is 3. The lowest BCUT2D eigenvalue weighted by molar-refractivity contribution is -0.140. The molecule has 0 radical (unpaired) electrons. The van der Waals surface area contributed by atoms with Gasteiger partial charge in [-0.1, -0.05) is 70.5 Å². The van der Waals surface area contributed by atoms with Crippen molar-refractivity contribution in [2.45, 2.75) is 45.3 Å². The van der Waals surface area contributed by atoms with Gasteiger partial charge in [-0.25, -0.2) is 8.42 Å². The number of halogens is 2. The fourth-order valence-corrected chi connectivity index (χ4v) is 5.78. The Morgan fingerprint density at radius 2 is 1.46 bits per heavy atom. The van der Waals surface area contributed by atoms with Crippen molar-refractivity contribution in [1.82, 2.24) is 10.2 Å². The summed E-state index contributed by atoms with van der Waals surface area (Å²) >= 11 is 6.84. The van der Waals surface area contributed by atoms with Gasteiger partial charge in [0, 0.05) is 27.4 Å². The highest BCUT2D eigenvalue weighted by atomic mass is 79.9. The predicted molar refractivity (Wildman–Crippen MR) is 163 cm³/mol. The summed E-state index contributed by atoms with van der Waals surface area (Å²) in [5.74, 6) is -0.812. The molecule has 0 saturated heterocycles. The van der Waals surface area contributed by atoms with Crippen LogP contribution in [0.25, 0.3) is 0 Å². The third-order valence-corrected chi connectivity index (χ3v) is 8.16. The number of nitrogens with zero attached hydrogens (tertiary/aromatic N) is 2.